The Hall–Kier alpha value is -2.75. The zero-order valence-corrected chi connectivity index (χ0v) is 16.5. The molecular weight excluding hydrogens is 358 g/mol. The van der Waals surface area contributed by atoms with Gasteiger partial charge in [0.05, 0.1) is 11.2 Å². The molecule has 1 aromatic carbocycles. The zero-order chi connectivity index (χ0) is 19.4. The molecule has 7 rings (SSSR count). The van der Waals surface area contributed by atoms with Crippen molar-refractivity contribution in [3.05, 3.63) is 60.4 Å². The molecule has 146 valence electrons. The van der Waals surface area contributed by atoms with Crippen LogP contribution in [0.3, 0.4) is 0 Å². The van der Waals surface area contributed by atoms with Gasteiger partial charge >= 0.3 is 0 Å². The van der Waals surface area contributed by atoms with E-state index in [1.54, 1.807) is 6.20 Å². The van der Waals surface area contributed by atoms with Crippen molar-refractivity contribution in [1.82, 2.24) is 15.3 Å². The van der Waals surface area contributed by atoms with Gasteiger partial charge in [0.1, 0.15) is 5.69 Å². The second-order valence-electron chi connectivity index (χ2n) is 9.44. The summed E-state index contributed by atoms with van der Waals surface area (Å²) < 4.78 is 0. The monoisotopic (exact) mass is 383 g/mol. The van der Waals surface area contributed by atoms with Gasteiger partial charge < -0.3 is 5.32 Å². The minimum absolute atomic E-state index is 0.00448. The molecule has 4 aliphatic carbocycles. The second kappa shape index (κ2) is 6.38. The van der Waals surface area contributed by atoms with Crippen molar-refractivity contribution in [3.63, 3.8) is 0 Å². The van der Waals surface area contributed by atoms with Gasteiger partial charge in [-0.05, 0) is 74.5 Å². The van der Waals surface area contributed by atoms with E-state index >= 15 is 0 Å². The van der Waals surface area contributed by atoms with Gasteiger partial charge in [0.15, 0.2) is 0 Å². The fourth-order valence-corrected chi connectivity index (χ4v) is 6.59. The number of carbonyl (C=O) groups is 1. The molecule has 29 heavy (non-hydrogen) atoms. The van der Waals surface area contributed by atoms with Gasteiger partial charge in [0.25, 0.3) is 5.91 Å². The molecule has 4 aliphatic rings. The second-order valence-corrected chi connectivity index (χ2v) is 9.44. The van der Waals surface area contributed by atoms with E-state index in [4.69, 9.17) is 4.98 Å². The third-order valence-corrected chi connectivity index (χ3v) is 7.31. The molecule has 2 aromatic heterocycles. The lowest BCUT2D eigenvalue weighted by molar-refractivity contribution is -0.0167. The lowest BCUT2D eigenvalue weighted by Gasteiger charge is -2.56. The maximum atomic E-state index is 13.2. The number of pyridine rings is 2. The molecule has 0 aliphatic heterocycles. The summed E-state index contributed by atoms with van der Waals surface area (Å²) in [5, 5.41) is 4.52. The first kappa shape index (κ1) is 17.1. The summed E-state index contributed by atoms with van der Waals surface area (Å²) in [6.07, 6.45) is 9.37. The Bertz CT molecular complexity index is 1070. The van der Waals surface area contributed by atoms with Crippen LogP contribution in [-0.4, -0.2) is 21.4 Å². The van der Waals surface area contributed by atoms with Crippen LogP contribution < -0.4 is 5.32 Å². The number of rotatable bonds is 3. The zero-order valence-electron chi connectivity index (χ0n) is 16.5. The number of aromatic nitrogens is 2. The summed E-state index contributed by atoms with van der Waals surface area (Å²) in [4.78, 5) is 22.5. The fraction of sp³-hybridized carbons (Fsp3) is 0.400. The van der Waals surface area contributed by atoms with Crippen LogP contribution in [0.4, 0.5) is 0 Å². The van der Waals surface area contributed by atoms with Crippen LogP contribution in [0.2, 0.25) is 0 Å². The first-order valence-corrected chi connectivity index (χ1v) is 10.8. The van der Waals surface area contributed by atoms with E-state index < -0.39 is 0 Å². The molecular formula is C25H25N3O. The molecule has 2 heterocycles. The maximum absolute atomic E-state index is 13.2. The van der Waals surface area contributed by atoms with Crippen LogP contribution in [0, 0.1) is 17.8 Å². The first-order chi connectivity index (χ1) is 14.2. The molecule has 4 saturated carbocycles. The van der Waals surface area contributed by atoms with Crippen molar-refractivity contribution in [2.45, 2.75) is 44.1 Å². The van der Waals surface area contributed by atoms with Crippen molar-refractivity contribution in [3.8, 4) is 11.3 Å². The molecule has 4 heteroatoms. The largest absolute Gasteiger partial charge is 0.345 e. The topological polar surface area (TPSA) is 54.9 Å². The van der Waals surface area contributed by atoms with Crippen molar-refractivity contribution in [1.29, 1.82) is 0 Å². The number of benzene rings is 1. The van der Waals surface area contributed by atoms with Gasteiger partial charge in [-0.3, -0.25) is 9.78 Å². The third kappa shape index (κ3) is 2.93. The predicted octanol–water partition coefficient (Wildman–Crippen LogP) is 5.00. The molecule has 4 fully saturated rings. The Morgan fingerprint density at radius 3 is 2.34 bits per heavy atom. The van der Waals surface area contributed by atoms with Crippen molar-refractivity contribution < 1.29 is 4.79 Å². The number of nitrogens with one attached hydrogen (secondary N) is 1. The van der Waals surface area contributed by atoms with E-state index in [9.17, 15) is 4.79 Å². The third-order valence-electron chi connectivity index (χ3n) is 7.31. The Balaban J connectivity index is 1.31. The van der Waals surface area contributed by atoms with Crippen LogP contribution in [0.25, 0.3) is 22.2 Å². The summed E-state index contributed by atoms with van der Waals surface area (Å²) in [6, 6.07) is 15.8. The average molecular weight is 383 g/mol. The van der Waals surface area contributed by atoms with Gasteiger partial charge in [-0.2, -0.15) is 0 Å². The molecule has 0 atom stereocenters. The van der Waals surface area contributed by atoms with E-state index in [1.165, 1.54) is 19.3 Å². The minimum Gasteiger partial charge on any atom is -0.345 e. The van der Waals surface area contributed by atoms with Gasteiger partial charge in [-0.15, -0.1) is 0 Å². The fourth-order valence-electron chi connectivity index (χ4n) is 6.59. The standard InChI is InChI=1S/C25H25N3O/c29-24(28-25-13-16-10-17(14-25)12-18(11-16)15-25)22-8-2-7-21(27-22)20-6-1-4-19-5-3-9-26-23(19)20/h1-9,16-18H,10-15H2,(H,28,29). The highest BCUT2D eigenvalue weighted by molar-refractivity contribution is 5.95. The number of hydrogen-bond acceptors (Lipinski definition) is 3. The van der Waals surface area contributed by atoms with E-state index in [2.05, 4.69) is 22.4 Å². The normalized spacial score (nSPS) is 29.9. The highest BCUT2D eigenvalue weighted by atomic mass is 16.2. The minimum atomic E-state index is -0.0259. The number of hydrogen-bond donors (Lipinski definition) is 1. The average Bonchev–Trinajstić information content (AvgIpc) is 2.72. The molecule has 0 saturated heterocycles. The Morgan fingerprint density at radius 2 is 1.59 bits per heavy atom. The van der Waals surface area contributed by atoms with Crippen molar-refractivity contribution in [2.75, 3.05) is 0 Å². The molecule has 1 amide bonds. The molecule has 3 aromatic rings. The Kier molecular flexibility index (Phi) is 3.77. The number of nitrogens with zero attached hydrogens (tertiary/aromatic N) is 2. The molecule has 4 nitrogen and oxygen atoms in total. The summed E-state index contributed by atoms with van der Waals surface area (Å²) in [6.45, 7) is 0. The Labute approximate surface area is 170 Å². The van der Waals surface area contributed by atoms with E-state index in [0.29, 0.717) is 5.69 Å². The lowest BCUT2D eigenvalue weighted by Crippen LogP contribution is -2.59. The van der Waals surface area contributed by atoms with Gasteiger partial charge in [0.2, 0.25) is 0 Å². The Morgan fingerprint density at radius 1 is 0.897 bits per heavy atom. The smallest absolute Gasteiger partial charge is 0.270 e. The number of para-hydroxylation sites is 1. The summed E-state index contributed by atoms with van der Waals surface area (Å²) in [7, 11) is 0. The SMILES string of the molecule is O=C(NC12CC3CC(CC(C3)C1)C2)c1cccc(-c2cccc3cccnc23)n1. The van der Waals surface area contributed by atoms with Gasteiger partial charge in [-0.25, -0.2) is 4.98 Å². The highest BCUT2D eigenvalue weighted by Crippen LogP contribution is 2.55. The van der Waals surface area contributed by atoms with Crippen molar-refractivity contribution in [2.24, 2.45) is 17.8 Å². The number of fused-ring (bicyclic) bond motifs is 1. The molecule has 0 unspecified atom stereocenters. The van der Waals surface area contributed by atoms with Crippen molar-refractivity contribution >= 4 is 16.8 Å². The van der Waals surface area contributed by atoms with Crippen LogP contribution >= 0.6 is 0 Å². The highest BCUT2D eigenvalue weighted by Gasteiger charge is 2.51. The summed E-state index contributed by atoms with van der Waals surface area (Å²) >= 11 is 0. The van der Waals surface area contributed by atoms with E-state index in [1.807, 2.05) is 36.4 Å². The first-order valence-electron chi connectivity index (χ1n) is 10.8. The quantitative estimate of drug-likeness (QED) is 0.693. The molecule has 0 radical (unpaired) electrons. The maximum Gasteiger partial charge on any atom is 0.270 e. The molecule has 1 N–H and O–H groups in total. The van der Waals surface area contributed by atoms with E-state index in [-0.39, 0.29) is 11.4 Å². The van der Waals surface area contributed by atoms with Crippen LogP contribution in [0.5, 0.6) is 0 Å². The molecule has 4 bridgehead atoms. The number of carbonyl (C=O) groups excluding carboxylic acids is 1. The van der Waals surface area contributed by atoms with E-state index in [0.717, 1.165) is 59.2 Å². The summed E-state index contributed by atoms with van der Waals surface area (Å²) in [5.74, 6) is 2.40. The lowest BCUT2D eigenvalue weighted by atomic mass is 9.53. The predicted molar refractivity (Wildman–Crippen MR) is 113 cm³/mol. The van der Waals surface area contributed by atoms with Gasteiger partial charge in [0, 0.05) is 22.7 Å². The van der Waals surface area contributed by atoms with Crippen LogP contribution in [0.15, 0.2) is 54.7 Å². The van der Waals surface area contributed by atoms with Crippen LogP contribution in [0.1, 0.15) is 49.0 Å². The molecule has 0 spiro atoms. The number of amides is 1. The summed E-state index contributed by atoms with van der Waals surface area (Å²) in [5.41, 5.74) is 3.19. The van der Waals surface area contributed by atoms with Gasteiger partial charge in [-0.1, -0.05) is 30.3 Å². The van der Waals surface area contributed by atoms with Crippen LogP contribution in [-0.2, 0) is 0 Å².